The Labute approximate surface area is 110 Å². The number of rotatable bonds is 3. The second-order valence-corrected chi connectivity index (χ2v) is 5.24. The first kappa shape index (κ1) is 13.5. The Bertz CT molecular complexity index is 405. The largest absolute Gasteiger partial charge is 0.374 e. The lowest BCUT2D eigenvalue weighted by Gasteiger charge is -2.36. The van der Waals surface area contributed by atoms with Gasteiger partial charge in [0.2, 0.25) is 0 Å². The highest BCUT2D eigenvalue weighted by molar-refractivity contribution is 5.31. The molecule has 1 aromatic carbocycles. The third-order valence-corrected chi connectivity index (χ3v) is 3.99. The standard InChI is InChI=1S/C15H24N2O/c1-11-4-5-14(8-12(11)2)13(3)17-6-7-18-15(9-16)10-17/h4-5,8,13,15H,6-7,9-10,16H2,1-3H3. The molecule has 0 amide bonds. The SMILES string of the molecule is Cc1ccc(C(C)N2CCOC(CN)C2)cc1C. The molecule has 1 aromatic rings. The van der Waals surface area contributed by atoms with E-state index < -0.39 is 0 Å². The van der Waals surface area contributed by atoms with E-state index in [0.29, 0.717) is 12.6 Å². The molecule has 2 unspecified atom stereocenters. The summed E-state index contributed by atoms with van der Waals surface area (Å²) in [6.07, 6.45) is 0.188. The maximum Gasteiger partial charge on any atom is 0.0824 e. The summed E-state index contributed by atoms with van der Waals surface area (Å²) < 4.78 is 5.62. The normalized spacial score (nSPS) is 23.0. The van der Waals surface area contributed by atoms with Crippen molar-refractivity contribution < 1.29 is 4.74 Å². The van der Waals surface area contributed by atoms with Gasteiger partial charge in [-0.25, -0.2) is 0 Å². The highest BCUT2D eigenvalue weighted by Crippen LogP contribution is 2.24. The van der Waals surface area contributed by atoms with E-state index in [4.69, 9.17) is 10.5 Å². The molecule has 0 spiro atoms. The van der Waals surface area contributed by atoms with E-state index in [0.717, 1.165) is 19.7 Å². The second-order valence-electron chi connectivity index (χ2n) is 5.24. The lowest BCUT2D eigenvalue weighted by atomic mass is 10.0. The zero-order valence-electron chi connectivity index (χ0n) is 11.6. The molecule has 100 valence electrons. The number of hydrogen-bond donors (Lipinski definition) is 1. The molecule has 18 heavy (non-hydrogen) atoms. The van der Waals surface area contributed by atoms with Crippen molar-refractivity contribution in [1.29, 1.82) is 0 Å². The number of nitrogens with two attached hydrogens (primary N) is 1. The van der Waals surface area contributed by atoms with Gasteiger partial charge in [0.1, 0.15) is 0 Å². The quantitative estimate of drug-likeness (QED) is 0.889. The summed E-state index contributed by atoms with van der Waals surface area (Å²) in [6.45, 7) is 9.92. The van der Waals surface area contributed by atoms with Crippen molar-refractivity contribution in [1.82, 2.24) is 4.90 Å². The molecule has 1 saturated heterocycles. The van der Waals surface area contributed by atoms with Crippen molar-refractivity contribution in [3.05, 3.63) is 34.9 Å². The monoisotopic (exact) mass is 248 g/mol. The van der Waals surface area contributed by atoms with Gasteiger partial charge in [-0.15, -0.1) is 0 Å². The summed E-state index contributed by atoms with van der Waals surface area (Å²) in [4.78, 5) is 2.46. The van der Waals surface area contributed by atoms with Crippen LogP contribution in [0.5, 0.6) is 0 Å². The van der Waals surface area contributed by atoms with Crippen LogP contribution in [0.2, 0.25) is 0 Å². The number of hydrogen-bond acceptors (Lipinski definition) is 3. The molecule has 3 heteroatoms. The molecule has 0 radical (unpaired) electrons. The van der Waals surface area contributed by atoms with Gasteiger partial charge in [0.15, 0.2) is 0 Å². The van der Waals surface area contributed by atoms with Gasteiger partial charge in [-0.3, -0.25) is 4.90 Å². The average molecular weight is 248 g/mol. The van der Waals surface area contributed by atoms with Crippen LogP contribution in [0.25, 0.3) is 0 Å². The molecule has 0 aliphatic carbocycles. The van der Waals surface area contributed by atoms with Gasteiger partial charge in [-0.2, -0.15) is 0 Å². The van der Waals surface area contributed by atoms with E-state index in [1.54, 1.807) is 0 Å². The Morgan fingerprint density at radius 2 is 2.17 bits per heavy atom. The smallest absolute Gasteiger partial charge is 0.0824 e. The predicted molar refractivity (Wildman–Crippen MR) is 74.7 cm³/mol. The number of aryl methyl sites for hydroxylation is 2. The van der Waals surface area contributed by atoms with Crippen molar-refractivity contribution in [2.24, 2.45) is 5.73 Å². The number of benzene rings is 1. The summed E-state index contributed by atoms with van der Waals surface area (Å²) in [7, 11) is 0. The Balaban J connectivity index is 2.10. The van der Waals surface area contributed by atoms with E-state index in [2.05, 4.69) is 43.9 Å². The van der Waals surface area contributed by atoms with Gasteiger partial charge in [-0.1, -0.05) is 18.2 Å². The minimum absolute atomic E-state index is 0.188. The summed E-state index contributed by atoms with van der Waals surface area (Å²) in [6, 6.07) is 7.18. The lowest BCUT2D eigenvalue weighted by molar-refractivity contribution is -0.0364. The Morgan fingerprint density at radius 1 is 1.39 bits per heavy atom. The Hall–Kier alpha value is -0.900. The Kier molecular flexibility index (Phi) is 4.38. The van der Waals surface area contributed by atoms with Crippen molar-refractivity contribution in [2.75, 3.05) is 26.2 Å². The third-order valence-electron chi connectivity index (χ3n) is 3.99. The molecular weight excluding hydrogens is 224 g/mol. The van der Waals surface area contributed by atoms with Crippen LogP contribution in [0, 0.1) is 13.8 Å². The molecule has 1 aliphatic rings. The molecular formula is C15H24N2O. The van der Waals surface area contributed by atoms with E-state index in [9.17, 15) is 0 Å². The van der Waals surface area contributed by atoms with Crippen LogP contribution in [0.4, 0.5) is 0 Å². The molecule has 2 atom stereocenters. The fourth-order valence-electron chi connectivity index (χ4n) is 2.47. The number of nitrogens with zero attached hydrogens (tertiary/aromatic N) is 1. The molecule has 1 heterocycles. The van der Waals surface area contributed by atoms with E-state index in [-0.39, 0.29) is 6.10 Å². The number of ether oxygens (including phenoxy) is 1. The van der Waals surface area contributed by atoms with Crippen LogP contribution in [0.3, 0.4) is 0 Å². The molecule has 0 aromatic heterocycles. The molecule has 2 N–H and O–H groups in total. The molecule has 2 rings (SSSR count). The fraction of sp³-hybridized carbons (Fsp3) is 0.600. The first-order valence-corrected chi connectivity index (χ1v) is 6.74. The van der Waals surface area contributed by atoms with Crippen LogP contribution in [-0.2, 0) is 4.74 Å². The molecule has 1 aliphatic heterocycles. The summed E-state index contributed by atoms with van der Waals surface area (Å²) in [5.41, 5.74) is 9.80. The zero-order valence-corrected chi connectivity index (χ0v) is 11.6. The average Bonchev–Trinajstić information content (AvgIpc) is 2.41. The Morgan fingerprint density at radius 3 is 2.83 bits per heavy atom. The number of morpholine rings is 1. The van der Waals surface area contributed by atoms with Gasteiger partial charge >= 0.3 is 0 Å². The topological polar surface area (TPSA) is 38.5 Å². The molecule has 0 saturated carbocycles. The van der Waals surface area contributed by atoms with Gasteiger partial charge in [0.25, 0.3) is 0 Å². The first-order chi connectivity index (χ1) is 8.61. The highest BCUT2D eigenvalue weighted by atomic mass is 16.5. The summed E-state index contributed by atoms with van der Waals surface area (Å²) >= 11 is 0. The summed E-state index contributed by atoms with van der Waals surface area (Å²) in [5.74, 6) is 0. The van der Waals surface area contributed by atoms with Crippen LogP contribution in [0.1, 0.15) is 29.7 Å². The van der Waals surface area contributed by atoms with Crippen molar-refractivity contribution >= 4 is 0 Å². The third kappa shape index (κ3) is 2.91. The van der Waals surface area contributed by atoms with Gasteiger partial charge in [0, 0.05) is 25.7 Å². The minimum atomic E-state index is 0.188. The zero-order chi connectivity index (χ0) is 13.1. The lowest BCUT2D eigenvalue weighted by Crippen LogP contribution is -2.46. The molecule has 1 fully saturated rings. The molecule has 3 nitrogen and oxygen atoms in total. The van der Waals surface area contributed by atoms with Gasteiger partial charge in [0.05, 0.1) is 12.7 Å². The first-order valence-electron chi connectivity index (χ1n) is 6.74. The van der Waals surface area contributed by atoms with Crippen LogP contribution >= 0.6 is 0 Å². The van der Waals surface area contributed by atoms with Crippen molar-refractivity contribution in [3.63, 3.8) is 0 Å². The maximum atomic E-state index is 5.70. The maximum absolute atomic E-state index is 5.70. The van der Waals surface area contributed by atoms with Crippen LogP contribution in [0.15, 0.2) is 18.2 Å². The van der Waals surface area contributed by atoms with Crippen molar-refractivity contribution in [3.8, 4) is 0 Å². The highest BCUT2D eigenvalue weighted by Gasteiger charge is 2.24. The van der Waals surface area contributed by atoms with E-state index >= 15 is 0 Å². The van der Waals surface area contributed by atoms with E-state index in [1.807, 2.05) is 0 Å². The molecule has 0 bridgehead atoms. The van der Waals surface area contributed by atoms with Crippen LogP contribution in [-0.4, -0.2) is 37.2 Å². The van der Waals surface area contributed by atoms with Gasteiger partial charge in [-0.05, 0) is 37.5 Å². The predicted octanol–water partition coefficient (Wildman–Crippen LogP) is 2.02. The van der Waals surface area contributed by atoms with E-state index in [1.165, 1.54) is 16.7 Å². The van der Waals surface area contributed by atoms with Gasteiger partial charge < -0.3 is 10.5 Å². The van der Waals surface area contributed by atoms with Crippen LogP contribution < -0.4 is 5.73 Å². The minimum Gasteiger partial charge on any atom is -0.374 e. The summed E-state index contributed by atoms with van der Waals surface area (Å²) in [5, 5.41) is 0. The fourth-order valence-corrected chi connectivity index (χ4v) is 2.47. The van der Waals surface area contributed by atoms with Crippen molar-refractivity contribution in [2.45, 2.75) is 32.9 Å². The second kappa shape index (κ2) is 5.83.